The van der Waals surface area contributed by atoms with E-state index < -0.39 is 21.5 Å². The van der Waals surface area contributed by atoms with Crippen LogP contribution in [0, 0.1) is 0 Å². The van der Waals surface area contributed by atoms with Crippen molar-refractivity contribution in [1.29, 1.82) is 0 Å². The monoisotopic (exact) mass is 351 g/mol. The number of ether oxygens (including phenoxy) is 1. The van der Waals surface area contributed by atoms with Gasteiger partial charge in [-0.25, -0.2) is 0 Å². The summed E-state index contributed by atoms with van der Waals surface area (Å²) < 4.78 is 8.21. The second-order valence-corrected chi connectivity index (χ2v) is 5.79. The Morgan fingerprint density at radius 1 is 1.59 bits per heavy atom. The number of hydrogen-bond donors (Lipinski definition) is 1. The number of amides is 1. The van der Waals surface area contributed by atoms with Crippen molar-refractivity contribution in [3.05, 3.63) is 24.4 Å². The van der Waals surface area contributed by atoms with E-state index in [0.29, 0.717) is 25.4 Å². The molecule has 1 N–H and O–H groups in total. The van der Waals surface area contributed by atoms with Gasteiger partial charge in [0.15, 0.2) is 0 Å². The van der Waals surface area contributed by atoms with Gasteiger partial charge in [-0.05, 0) is 0 Å². The molecule has 1 amide bonds. The van der Waals surface area contributed by atoms with Crippen LogP contribution in [0.3, 0.4) is 0 Å². The summed E-state index contributed by atoms with van der Waals surface area (Å²) in [6.07, 6.45) is 3.19. The van der Waals surface area contributed by atoms with Crippen LogP contribution >= 0.6 is 0 Å². The third kappa shape index (κ3) is 4.97. The van der Waals surface area contributed by atoms with E-state index in [1.165, 1.54) is 6.08 Å². The third-order valence-corrected chi connectivity index (χ3v) is 3.89. The van der Waals surface area contributed by atoms with Crippen LogP contribution in [0.2, 0.25) is 0 Å². The average molecular weight is 351 g/mol. The van der Waals surface area contributed by atoms with Gasteiger partial charge >= 0.3 is 112 Å². The first-order valence-electron chi connectivity index (χ1n) is 5.31. The molecule has 0 aromatic rings. The van der Waals surface area contributed by atoms with Crippen LogP contribution in [0.1, 0.15) is 6.92 Å². The molecule has 0 aromatic heterocycles. The van der Waals surface area contributed by atoms with Crippen LogP contribution in [0.5, 0.6) is 0 Å². The van der Waals surface area contributed by atoms with E-state index >= 15 is 0 Å². The summed E-state index contributed by atoms with van der Waals surface area (Å²) in [5.74, 6) is -0.0457. The van der Waals surface area contributed by atoms with Crippen LogP contribution < -0.4 is 25.0 Å². The number of rotatable bonds is 8. The second-order valence-electron chi connectivity index (χ2n) is 3.28. The predicted octanol–water partition coefficient (Wildman–Crippen LogP) is -2.94. The molecule has 1 rings (SSSR count). The standard InChI is InChI=1S/C11H16IN2O3/c1-3-17-8-10(15)12-13-6-7-14-9(2)4-5-11(14)16/h4-5,13H,2-3,6-8H2,1H3/q-1. The molecule has 96 valence electrons. The maximum atomic E-state index is 11.3. The molecule has 0 fully saturated rings. The zero-order chi connectivity index (χ0) is 12.7. The van der Waals surface area contributed by atoms with Crippen molar-refractivity contribution in [3.63, 3.8) is 0 Å². The molecule has 0 atom stereocenters. The molecule has 1 aliphatic heterocycles. The van der Waals surface area contributed by atoms with Crippen molar-refractivity contribution in [2.75, 3.05) is 26.3 Å². The van der Waals surface area contributed by atoms with Gasteiger partial charge in [0.05, 0.1) is 0 Å². The summed E-state index contributed by atoms with van der Waals surface area (Å²) in [5.41, 5.74) is 0.704. The number of carbonyl (C=O) groups excluding carboxylic acids is 2. The Labute approximate surface area is 111 Å². The number of nitrogens with one attached hydrogen (secondary N) is 1. The molecule has 0 saturated carbocycles. The molecule has 6 heteroatoms. The summed E-state index contributed by atoms with van der Waals surface area (Å²) in [5, 5.41) is 0. The Bertz CT molecular complexity index is 324. The Morgan fingerprint density at radius 3 is 2.94 bits per heavy atom. The molecule has 0 saturated heterocycles. The van der Waals surface area contributed by atoms with Crippen molar-refractivity contribution in [3.8, 4) is 0 Å². The number of carbonyl (C=O) groups is 2. The minimum atomic E-state index is -0.704. The second kappa shape index (κ2) is 7.57. The first kappa shape index (κ1) is 14.3. The molecular formula is C11H16IN2O3-. The molecule has 0 radical (unpaired) electrons. The van der Waals surface area contributed by atoms with Crippen molar-refractivity contribution in [2.24, 2.45) is 0 Å². The number of hydrogen-bond acceptors (Lipinski definition) is 4. The third-order valence-electron chi connectivity index (χ3n) is 2.05. The van der Waals surface area contributed by atoms with Crippen molar-refractivity contribution in [1.82, 2.24) is 8.43 Å². The zero-order valence-electron chi connectivity index (χ0n) is 9.74. The number of nitrogens with zero attached hydrogens (tertiary/aromatic N) is 1. The van der Waals surface area contributed by atoms with Crippen molar-refractivity contribution >= 4 is 9.70 Å². The fourth-order valence-electron chi connectivity index (χ4n) is 1.23. The molecular weight excluding hydrogens is 335 g/mol. The molecule has 0 aliphatic carbocycles. The van der Waals surface area contributed by atoms with Gasteiger partial charge in [0.1, 0.15) is 0 Å². The van der Waals surface area contributed by atoms with E-state index in [2.05, 4.69) is 10.1 Å². The van der Waals surface area contributed by atoms with E-state index in [4.69, 9.17) is 4.74 Å². The van der Waals surface area contributed by atoms with Gasteiger partial charge in [0.2, 0.25) is 0 Å². The van der Waals surface area contributed by atoms with Gasteiger partial charge < -0.3 is 0 Å². The Kier molecular flexibility index (Phi) is 6.38. The van der Waals surface area contributed by atoms with Crippen LogP contribution in [-0.2, 0) is 14.3 Å². The van der Waals surface area contributed by atoms with E-state index in [9.17, 15) is 9.59 Å². The van der Waals surface area contributed by atoms with Crippen LogP contribution in [-0.4, -0.2) is 40.9 Å². The topological polar surface area (TPSA) is 58.6 Å². The van der Waals surface area contributed by atoms with Gasteiger partial charge in [-0.2, -0.15) is 0 Å². The van der Waals surface area contributed by atoms with E-state index in [-0.39, 0.29) is 16.3 Å². The molecule has 0 spiro atoms. The van der Waals surface area contributed by atoms with Crippen molar-refractivity contribution in [2.45, 2.75) is 6.92 Å². The fourth-order valence-corrected chi connectivity index (χ4v) is 2.54. The average Bonchev–Trinajstić information content (AvgIpc) is 2.62. The molecule has 1 heterocycles. The van der Waals surface area contributed by atoms with Gasteiger partial charge in [-0.3, -0.25) is 0 Å². The SMILES string of the molecule is C=C1C=CC(=O)N1CCN[I-]C(=O)COCC. The fraction of sp³-hybridized carbons (Fsp3) is 0.455. The Morgan fingerprint density at radius 2 is 2.35 bits per heavy atom. The van der Waals surface area contributed by atoms with Crippen molar-refractivity contribution < 1.29 is 35.8 Å². The Hall–Kier alpha value is -0.730. The first-order chi connectivity index (χ1) is 8.15. The minimum absolute atomic E-state index is 0.0457. The van der Waals surface area contributed by atoms with Crippen LogP contribution in [0.25, 0.3) is 0 Å². The van der Waals surface area contributed by atoms with Gasteiger partial charge in [-0.1, -0.05) is 0 Å². The summed E-state index contributed by atoms with van der Waals surface area (Å²) >= 11 is -0.704. The maximum absolute atomic E-state index is 11.3. The molecule has 0 aromatic carbocycles. The quantitative estimate of drug-likeness (QED) is 0.220. The molecule has 0 unspecified atom stereocenters. The van der Waals surface area contributed by atoms with Crippen LogP contribution in [0.15, 0.2) is 24.4 Å². The number of allylic oxidation sites excluding steroid dienone is 1. The van der Waals surface area contributed by atoms with Gasteiger partial charge in [0, 0.05) is 0 Å². The zero-order valence-corrected chi connectivity index (χ0v) is 11.9. The van der Waals surface area contributed by atoms with E-state index in [1.54, 1.807) is 11.0 Å². The van der Waals surface area contributed by atoms with Gasteiger partial charge in [0.25, 0.3) is 0 Å². The van der Waals surface area contributed by atoms with E-state index in [0.717, 1.165) is 0 Å². The summed E-state index contributed by atoms with van der Waals surface area (Å²) in [4.78, 5) is 24.2. The van der Waals surface area contributed by atoms with Gasteiger partial charge in [-0.15, -0.1) is 0 Å². The molecule has 0 bridgehead atoms. The predicted molar refractivity (Wildman–Crippen MR) is 59.5 cm³/mol. The molecule has 5 nitrogen and oxygen atoms in total. The van der Waals surface area contributed by atoms with Crippen LogP contribution in [0.4, 0.5) is 0 Å². The summed E-state index contributed by atoms with van der Waals surface area (Å²) in [6.45, 7) is 7.51. The first-order valence-corrected chi connectivity index (χ1v) is 7.46. The van der Waals surface area contributed by atoms with E-state index in [1.807, 2.05) is 6.92 Å². The summed E-state index contributed by atoms with van der Waals surface area (Å²) in [7, 11) is 0. The normalized spacial score (nSPS) is 15.0. The Balaban J connectivity index is 2.10. The molecule has 1 aliphatic rings. The molecule has 17 heavy (non-hydrogen) atoms. The number of halogens is 1. The summed E-state index contributed by atoms with van der Waals surface area (Å²) in [6, 6.07) is 0.